The Bertz CT molecular complexity index is 890. The summed E-state index contributed by atoms with van der Waals surface area (Å²) in [6.07, 6.45) is 12.1. The average Bonchev–Trinajstić information content (AvgIpc) is 3.05. The number of nitrogens with zero attached hydrogens (tertiary/aromatic N) is 4. The van der Waals surface area contributed by atoms with Gasteiger partial charge in [0.1, 0.15) is 0 Å². The van der Waals surface area contributed by atoms with Gasteiger partial charge in [-0.3, -0.25) is 9.69 Å². The quantitative estimate of drug-likeness (QED) is 0.790. The summed E-state index contributed by atoms with van der Waals surface area (Å²) in [4.78, 5) is 17.0. The highest BCUT2D eigenvalue weighted by Gasteiger charge is 2.21. The molecule has 0 unspecified atom stereocenters. The lowest BCUT2D eigenvalue weighted by atomic mass is 10.0. The minimum atomic E-state index is 0.298. The van der Waals surface area contributed by atoms with Gasteiger partial charge in [0.05, 0.1) is 18.4 Å². The molecule has 1 amide bonds. The molecule has 1 fully saturated rings. The molecule has 3 heterocycles. The van der Waals surface area contributed by atoms with Gasteiger partial charge in [0, 0.05) is 37.9 Å². The fourth-order valence-corrected chi connectivity index (χ4v) is 4.23. The first-order valence-corrected chi connectivity index (χ1v) is 10.9. The van der Waals surface area contributed by atoms with E-state index in [9.17, 15) is 4.79 Å². The first-order chi connectivity index (χ1) is 14.1. The summed E-state index contributed by atoms with van der Waals surface area (Å²) in [6.45, 7) is 8.45. The van der Waals surface area contributed by atoms with E-state index in [1.54, 1.807) is 0 Å². The Labute approximate surface area is 174 Å². The van der Waals surface area contributed by atoms with Gasteiger partial charge in [0.25, 0.3) is 0 Å². The molecule has 1 saturated heterocycles. The van der Waals surface area contributed by atoms with Crippen LogP contribution in [-0.2, 0) is 4.79 Å². The molecule has 5 nitrogen and oxygen atoms in total. The molecule has 0 atom stereocenters. The van der Waals surface area contributed by atoms with Crippen molar-refractivity contribution in [3.8, 4) is 5.69 Å². The van der Waals surface area contributed by atoms with Crippen LogP contribution in [0.5, 0.6) is 0 Å². The van der Waals surface area contributed by atoms with Crippen molar-refractivity contribution in [2.24, 2.45) is 0 Å². The summed E-state index contributed by atoms with van der Waals surface area (Å²) in [5.74, 6) is 0.298. The lowest BCUT2D eigenvalue weighted by molar-refractivity contribution is -0.132. The van der Waals surface area contributed by atoms with Gasteiger partial charge in [-0.05, 0) is 61.9 Å². The SMILES string of the molecule is Cc1ccc(-n2cc(C3=CCN(CC(=O)N4CCCCCC4)CC3)cn2)cc1C. The van der Waals surface area contributed by atoms with E-state index < -0.39 is 0 Å². The standard InChI is InChI=1S/C24H32N4O/c1-19-7-8-23(15-20(19)2)28-17-22(16-25-28)21-9-13-26(14-10-21)18-24(29)27-11-5-3-4-6-12-27/h7-9,15-17H,3-6,10-14,18H2,1-2H3. The van der Waals surface area contributed by atoms with Crippen LogP contribution in [0.25, 0.3) is 11.3 Å². The van der Waals surface area contributed by atoms with E-state index in [1.807, 2.05) is 10.9 Å². The van der Waals surface area contributed by atoms with Crippen LogP contribution < -0.4 is 0 Å². The predicted molar refractivity (Wildman–Crippen MR) is 117 cm³/mol. The zero-order valence-corrected chi connectivity index (χ0v) is 17.7. The number of carbonyl (C=O) groups excluding carboxylic acids is 1. The Hall–Kier alpha value is -2.40. The van der Waals surface area contributed by atoms with Gasteiger partial charge in [0.2, 0.25) is 5.91 Å². The van der Waals surface area contributed by atoms with Crippen LogP contribution in [0.4, 0.5) is 0 Å². The number of hydrogen-bond acceptors (Lipinski definition) is 3. The van der Waals surface area contributed by atoms with E-state index in [1.165, 1.54) is 35.1 Å². The summed E-state index contributed by atoms with van der Waals surface area (Å²) < 4.78 is 1.96. The molecule has 4 rings (SSSR count). The molecule has 5 heteroatoms. The third kappa shape index (κ3) is 4.78. The molecule has 2 aliphatic rings. The number of likely N-dealkylation sites (tertiary alicyclic amines) is 1. The van der Waals surface area contributed by atoms with Crippen molar-refractivity contribution in [3.63, 3.8) is 0 Å². The van der Waals surface area contributed by atoms with E-state index >= 15 is 0 Å². The van der Waals surface area contributed by atoms with Crippen molar-refractivity contribution in [1.29, 1.82) is 0 Å². The topological polar surface area (TPSA) is 41.4 Å². The Morgan fingerprint density at radius 1 is 1.03 bits per heavy atom. The molecular weight excluding hydrogens is 360 g/mol. The zero-order chi connectivity index (χ0) is 20.2. The molecule has 1 aromatic carbocycles. The largest absolute Gasteiger partial charge is 0.342 e. The Kier molecular flexibility index (Phi) is 6.14. The van der Waals surface area contributed by atoms with Crippen molar-refractivity contribution in [3.05, 3.63) is 53.4 Å². The number of benzene rings is 1. The van der Waals surface area contributed by atoms with Crippen LogP contribution in [0.3, 0.4) is 0 Å². The minimum Gasteiger partial charge on any atom is -0.342 e. The summed E-state index contributed by atoms with van der Waals surface area (Å²) >= 11 is 0. The molecule has 29 heavy (non-hydrogen) atoms. The third-order valence-electron chi connectivity index (χ3n) is 6.32. The summed E-state index contributed by atoms with van der Waals surface area (Å²) in [6, 6.07) is 6.44. The van der Waals surface area contributed by atoms with Crippen LogP contribution in [0.2, 0.25) is 0 Å². The second kappa shape index (κ2) is 8.95. The highest BCUT2D eigenvalue weighted by atomic mass is 16.2. The summed E-state index contributed by atoms with van der Waals surface area (Å²) in [7, 11) is 0. The molecule has 0 aliphatic carbocycles. The smallest absolute Gasteiger partial charge is 0.236 e. The molecule has 154 valence electrons. The molecule has 1 aromatic heterocycles. The summed E-state index contributed by atoms with van der Waals surface area (Å²) in [5.41, 5.74) is 6.19. The maximum Gasteiger partial charge on any atom is 0.236 e. The molecule has 0 spiro atoms. The van der Waals surface area contributed by atoms with Crippen molar-refractivity contribution in [2.45, 2.75) is 46.0 Å². The van der Waals surface area contributed by atoms with E-state index in [2.05, 4.69) is 59.2 Å². The van der Waals surface area contributed by atoms with Gasteiger partial charge >= 0.3 is 0 Å². The lowest BCUT2D eigenvalue weighted by Gasteiger charge is -2.28. The van der Waals surface area contributed by atoms with Crippen molar-refractivity contribution < 1.29 is 4.79 Å². The second-order valence-corrected chi connectivity index (χ2v) is 8.45. The van der Waals surface area contributed by atoms with E-state index in [-0.39, 0.29) is 0 Å². The van der Waals surface area contributed by atoms with Gasteiger partial charge < -0.3 is 4.90 Å². The summed E-state index contributed by atoms with van der Waals surface area (Å²) in [5, 5.41) is 4.57. The Balaban J connectivity index is 1.37. The minimum absolute atomic E-state index is 0.298. The molecule has 0 saturated carbocycles. The van der Waals surface area contributed by atoms with Crippen LogP contribution in [-0.4, -0.2) is 58.2 Å². The maximum absolute atomic E-state index is 12.6. The molecule has 0 N–H and O–H groups in total. The Morgan fingerprint density at radius 3 is 2.52 bits per heavy atom. The van der Waals surface area contributed by atoms with Crippen molar-refractivity contribution >= 4 is 11.5 Å². The number of aromatic nitrogens is 2. The Morgan fingerprint density at radius 2 is 1.83 bits per heavy atom. The molecule has 0 bridgehead atoms. The first kappa shape index (κ1) is 19.9. The average molecular weight is 393 g/mol. The zero-order valence-electron chi connectivity index (χ0n) is 17.7. The highest BCUT2D eigenvalue weighted by Crippen LogP contribution is 2.23. The normalized spacial score (nSPS) is 18.4. The molecule has 2 aromatic rings. The van der Waals surface area contributed by atoms with Crippen molar-refractivity contribution in [2.75, 3.05) is 32.7 Å². The number of amides is 1. The lowest BCUT2D eigenvalue weighted by Crippen LogP contribution is -2.42. The van der Waals surface area contributed by atoms with Crippen LogP contribution in [0.15, 0.2) is 36.7 Å². The number of carbonyl (C=O) groups is 1. The monoisotopic (exact) mass is 392 g/mol. The fourth-order valence-electron chi connectivity index (χ4n) is 4.23. The van der Waals surface area contributed by atoms with Crippen molar-refractivity contribution in [1.82, 2.24) is 19.6 Å². The van der Waals surface area contributed by atoms with Gasteiger partial charge in [-0.2, -0.15) is 5.10 Å². The second-order valence-electron chi connectivity index (χ2n) is 8.45. The molecule has 2 aliphatic heterocycles. The number of aryl methyl sites for hydroxylation is 2. The van der Waals surface area contributed by atoms with Crippen LogP contribution >= 0.6 is 0 Å². The predicted octanol–water partition coefficient (Wildman–Crippen LogP) is 3.98. The first-order valence-electron chi connectivity index (χ1n) is 10.9. The third-order valence-corrected chi connectivity index (χ3v) is 6.32. The van der Waals surface area contributed by atoms with Gasteiger partial charge in [-0.1, -0.05) is 25.0 Å². The van der Waals surface area contributed by atoms with Crippen LogP contribution in [0, 0.1) is 13.8 Å². The van der Waals surface area contributed by atoms with Crippen LogP contribution in [0.1, 0.15) is 48.8 Å². The van der Waals surface area contributed by atoms with Gasteiger partial charge in [-0.25, -0.2) is 4.68 Å². The fraction of sp³-hybridized carbons (Fsp3) is 0.500. The van der Waals surface area contributed by atoms with E-state index in [0.717, 1.165) is 51.1 Å². The van der Waals surface area contributed by atoms with Gasteiger partial charge in [0.15, 0.2) is 0 Å². The van der Waals surface area contributed by atoms with E-state index in [4.69, 9.17) is 0 Å². The highest BCUT2D eigenvalue weighted by molar-refractivity contribution is 5.78. The molecule has 0 radical (unpaired) electrons. The van der Waals surface area contributed by atoms with E-state index in [0.29, 0.717) is 12.5 Å². The van der Waals surface area contributed by atoms with Gasteiger partial charge in [-0.15, -0.1) is 0 Å². The maximum atomic E-state index is 12.6. The molecular formula is C24H32N4O. The number of hydrogen-bond donors (Lipinski definition) is 0. The number of rotatable bonds is 4.